The molecule has 31 heavy (non-hydrogen) atoms. The van der Waals surface area contributed by atoms with E-state index < -0.39 is 24.3 Å². The lowest BCUT2D eigenvalue weighted by Gasteiger charge is -2.31. The molecule has 2 heterocycles. The first-order valence-corrected chi connectivity index (χ1v) is 9.75. The van der Waals surface area contributed by atoms with E-state index in [-0.39, 0.29) is 25.5 Å². The van der Waals surface area contributed by atoms with Gasteiger partial charge in [-0.1, -0.05) is 18.2 Å². The summed E-state index contributed by atoms with van der Waals surface area (Å²) in [6.45, 7) is -0.0245. The highest BCUT2D eigenvalue weighted by Gasteiger charge is 2.29. The molecule has 10 heteroatoms. The first-order valence-electron chi connectivity index (χ1n) is 9.75. The van der Waals surface area contributed by atoms with Crippen LogP contribution in [0.5, 0.6) is 5.75 Å². The molecule has 164 valence electrons. The number of urea groups is 1. The van der Waals surface area contributed by atoms with E-state index >= 15 is 0 Å². The normalized spacial score (nSPS) is 20.0. The van der Waals surface area contributed by atoms with Gasteiger partial charge in [0.25, 0.3) is 0 Å². The highest BCUT2D eigenvalue weighted by atomic mass is 16.5. The van der Waals surface area contributed by atoms with Crippen molar-refractivity contribution in [3.05, 3.63) is 60.7 Å². The Kier molecular flexibility index (Phi) is 7.91. The Morgan fingerprint density at radius 1 is 1.26 bits per heavy atom. The van der Waals surface area contributed by atoms with Crippen LogP contribution in [0.4, 0.5) is 10.5 Å². The summed E-state index contributed by atoms with van der Waals surface area (Å²) in [6.07, 6.45) is 5.33. The number of ether oxygens (including phenoxy) is 2. The maximum Gasteiger partial charge on any atom is 0.319 e. The number of aliphatic hydroxyl groups is 1. The minimum Gasteiger partial charge on any atom is -0.497 e. The first-order chi connectivity index (χ1) is 15.1. The average molecular weight is 427 g/mol. The van der Waals surface area contributed by atoms with Gasteiger partial charge in [0.2, 0.25) is 5.91 Å². The van der Waals surface area contributed by atoms with Crippen LogP contribution in [0.25, 0.3) is 0 Å². The van der Waals surface area contributed by atoms with Crippen molar-refractivity contribution in [2.24, 2.45) is 0 Å². The molecule has 0 bridgehead atoms. The van der Waals surface area contributed by atoms with Gasteiger partial charge in [-0.05, 0) is 18.2 Å². The number of aliphatic hydroxyl groups excluding tert-OH is 1. The molecule has 4 N–H and O–H groups in total. The van der Waals surface area contributed by atoms with Crippen molar-refractivity contribution in [3.63, 3.8) is 0 Å². The van der Waals surface area contributed by atoms with Gasteiger partial charge in [-0.25, -0.2) is 14.8 Å². The third-order valence-corrected chi connectivity index (χ3v) is 4.59. The highest BCUT2D eigenvalue weighted by molar-refractivity contribution is 5.89. The molecule has 3 rings (SSSR count). The second-order valence-corrected chi connectivity index (χ2v) is 6.82. The van der Waals surface area contributed by atoms with Crippen LogP contribution in [0, 0.1) is 0 Å². The molecule has 0 saturated carbocycles. The van der Waals surface area contributed by atoms with Crippen LogP contribution < -0.4 is 20.7 Å². The maximum absolute atomic E-state index is 12.3. The number of rotatable bonds is 8. The minimum atomic E-state index is -0.680. The number of carbonyl (C=O) groups is 2. The summed E-state index contributed by atoms with van der Waals surface area (Å²) >= 11 is 0. The molecular weight excluding hydrogens is 402 g/mol. The molecule has 0 fully saturated rings. The second-order valence-electron chi connectivity index (χ2n) is 6.82. The number of nitrogens with one attached hydrogen (secondary N) is 3. The quantitative estimate of drug-likeness (QED) is 0.462. The van der Waals surface area contributed by atoms with Gasteiger partial charge < -0.3 is 30.5 Å². The number of methoxy groups -OCH3 is 1. The first kappa shape index (κ1) is 22.2. The number of amides is 3. The second kappa shape index (κ2) is 11.0. The lowest BCUT2D eigenvalue weighted by molar-refractivity contribution is -0.125. The van der Waals surface area contributed by atoms with E-state index in [1.165, 1.54) is 6.33 Å². The third-order valence-electron chi connectivity index (χ3n) is 4.59. The van der Waals surface area contributed by atoms with E-state index in [4.69, 9.17) is 9.47 Å². The van der Waals surface area contributed by atoms with E-state index in [2.05, 4.69) is 25.9 Å². The van der Waals surface area contributed by atoms with Crippen molar-refractivity contribution in [2.75, 3.05) is 19.0 Å². The zero-order chi connectivity index (χ0) is 22.1. The van der Waals surface area contributed by atoms with Crippen LogP contribution in [-0.4, -0.2) is 59.0 Å². The van der Waals surface area contributed by atoms with Crippen molar-refractivity contribution in [2.45, 2.75) is 31.2 Å². The van der Waals surface area contributed by atoms with Crippen molar-refractivity contribution >= 4 is 17.6 Å². The van der Waals surface area contributed by atoms with Gasteiger partial charge in [0.05, 0.1) is 44.5 Å². The van der Waals surface area contributed by atoms with E-state index in [1.54, 1.807) is 55.8 Å². The third kappa shape index (κ3) is 6.76. The van der Waals surface area contributed by atoms with Crippen LogP contribution in [0.2, 0.25) is 0 Å². The molecular formula is C21H25N5O5. The smallest absolute Gasteiger partial charge is 0.319 e. The van der Waals surface area contributed by atoms with Crippen LogP contribution in [-0.2, 0) is 16.1 Å². The Balaban J connectivity index is 1.49. The molecule has 10 nitrogen and oxygen atoms in total. The SMILES string of the molecule is COc1cccc(NC(=O)N[C@@H]2C=C[C@@H](CC(=O)NCc3ccncn3)O[C@H]2CO)c1. The van der Waals surface area contributed by atoms with Gasteiger partial charge in [0, 0.05) is 18.0 Å². The number of anilines is 1. The molecule has 1 aromatic carbocycles. The zero-order valence-electron chi connectivity index (χ0n) is 17.0. The number of carbonyl (C=O) groups excluding carboxylic acids is 2. The standard InChI is InChI=1S/C21H25N5O5/c1-30-16-4-2-3-14(9-16)25-21(29)26-18-6-5-17(31-19(18)12-27)10-20(28)23-11-15-7-8-22-13-24-15/h2-9,13,17-19,27H,10-12H2,1H3,(H,23,28)(H2,25,26,29)/t17-,18+,19-/m0/s1. The summed E-state index contributed by atoms with van der Waals surface area (Å²) in [6, 6.07) is 7.66. The lowest BCUT2D eigenvalue weighted by Crippen LogP contribution is -2.50. The maximum atomic E-state index is 12.3. The molecule has 1 aliphatic heterocycles. The fourth-order valence-electron chi connectivity index (χ4n) is 3.02. The Labute approximate surface area is 179 Å². The minimum absolute atomic E-state index is 0.0841. The molecule has 0 aliphatic carbocycles. The van der Waals surface area contributed by atoms with Crippen molar-refractivity contribution in [3.8, 4) is 5.75 Å². The summed E-state index contributed by atoms with van der Waals surface area (Å²) in [5, 5.41) is 17.9. The molecule has 0 unspecified atom stereocenters. The van der Waals surface area contributed by atoms with E-state index in [0.717, 1.165) is 0 Å². The summed E-state index contributed by atoms with van der Waals surface area (Å²) < 4.78 is 10.9. The molecule has 0 radical (unpaired) electrons. The van der Waals surface area contributed by atoms with Gasteiger partial charge in [-0.3, -0.25) is 4.79 Å². The molecule has 2 aromatic rings. The summed E-state index contributed by atoms with van der Waals surface area (Å²) in [4.78, 5) is 32.4. The number of aromatic nitrogens is 2. The van der Waals surface area contributed by atoms with Crippen LogP contribution in [0.15, 0.2) is 55.0 Å². The number of hydrogen-bond donors (Lipinski definition) is 4. The Bertz CT molecular complexity index is 908. The monoisotopic (exact) mass is 427 g/mol. The molecule has 3 amide bonds. The average Bonchev–Trinajstić information content (AvgIpc) is 2.79. The topological polar surface area (TPSA) is 135 Å². The number of benzene rings is 1. The molecule has 0 saturated heterocycles. The Morgan fingerprint density at radius 2 is 2.13 bits per heavy atom. The Hall–Kier alpha value is -3.50. The zero-order valence-corrected chi connectivity index (χ0v) is 17.0. The molecule has 1 aliphatic rings. The predicted octanol–water partition coefficient (Wildman–Crippen LogP) is 0.998. The molecule has 1 aromatic heterocycles. The largest absolute Gasteiger partial charge is 0.497 e. The summed E-state index contributed by atoms with van der Waals surface area (Å²) in [5.41, 5.74) is 1.26. The van der Waals surface area contributed by atoms with Gasteiger partial charge in [-0.2, -0.15) is 0 Å². The number of hydrogen-bond acceptors (Lipinski definition) is 7. The van der Waals surface area contributed by atoms with Crippen molar-refractivity contribution in [1.29, 1.82) is 0 Å². The van der Waals surface area contributed by atoms with E-state index in [1.807, 2.05) is 0 Å². The number of nitrogens with zero attached hydrogens (tertiary/aromatic N) is 2. The van der Waals surface area contributed by atoms with Crippen LogP contribution in [0.3, 0.4) is 0 Å². The van der Waals surface area contributed by atoms with Crippen LogP contribution >= 0.6 is 0 Å². The van der Waals surface area contributed by atoms with Crippen molar-refractivity contribution in [1.82, 2.24) is 20.6 Å². The van der Waals surface area contributed by atoms with E-state index in [9.17, 15) is 14.7 Å². The van der Waals surface area contributed by atoms with Crippen LogP contribution in [0.1, 0.15) is 12.1 Å². The highest BCUT2D eigenvalue weighted by Crippen LogP contribution is 2.18. The van der Waals surface area contributed by atoms with Gasteiger partial charge in [-0.15, -0.1) is 0 Å². The predicted molar refractivity (Wildman–Crippen MR) is 112 cm³/mol. The summed E-state index contributed by atoms with van der Waals surface area (Å²) in [5.74, 6) is 0.403. The molecule has 3 atom stereocenters. The lowest BCUT2D eigenvalue weighted by atomic mass is 10.0. The van der Waals surface area contributed by atoms with Gasteiger partial charge in [0.1, 0.15) is 18.2 Å². The fraction of sp³-hybridized carbons (Fsp3) is 0.333. The fourth-order valence-corrected chi connectivity index (χ4v) is 3.02. The Morgan fingerprint density at radius 3 is 2.87 bits per heavy atom. The van der Waals surface area contributed by atoms with Crippen molar-refractivity contribution < 1.29 is 24.2 Å². The molecule has 0 spiro atoms. The van der Waals surface area contributed by atoms with Gasteiger partial charge >= 0.3 is 6.03 Å². The summed E-state index contributed by atoms with van der Waals surface area (Å²) in [7, 11) is 1.54. The van der Waals surface area contributed by atoms with Gasteiger partial charge in [0.15, 0.2) is 0 Å². The van der Waals surface area contributed by atoms with E-state index in [0.29, 0.717) is 17.1 Å².